The molecule has 7 nitrogen and oxygen atoms in total. The monoisotopic (exact) mass is 234 g/mol. The van der Waals surface area contributed by atoms with E-state index in [9.17, 15) is 15.2 Å². The highest BCUT2D eigenvalue weighted by Crippen LogP contribution is 2.36. The van der Waals surface area contributed by atoms with Crippen molar-refractivity contribution in [2.45, 2.75) is 12.3 Å². The van der Waals surface area contributed by atoms with E-state index in [0.717, 1.165) is 5.56 Å². The summed E-state index contributed by atoms with van der Waals surface area (Å²) in [5.74, 6) is 0.177. The SMILES string of the molecule is O=[N+]([O-])[C@@H]1CN2N=CN1[C@H]2c1ccc(O)cc1. The first kappa shape index (κ1) is 9.88. The molecule has 0 aliphatic carbocycles. The van der Waals surface area contributed by atoms with E-state index in [1.807, 2.05) is 0 Å². The molecule has 2 aliphatic heterocycles. The molecule has 0 amide bonds. The number of aromatic hydroxyl groups is 1. The second-order valence-corrected chi connectivity index (χ2v) is 4.03. The summed E-state index contributed by atoms with van der Waals surface area (Å²) in [6, 6.07) is 6.63. The van der Waals surface area contributed by atoms with Crippen LogP contribution in [0.3, 0.4) is 0 Å². The Morgan fingerprint density at radius 2 is 2.12 bits per heavy atom. The molecule has 2 heterocycles. The molecule has 1 aromatic rings. The van der Waals surface area contributed by atoms with Crippen LogP contribution in [0.1, 0.15) is 11.7 Å². The molecular formula is C10H10N4O3. The molecule has 1 saturated heterocycles. The highest BCUT2D eigenvalue weighted by Gasteiger charge is 2.48. The van der Waals surface area contributed by atoms with Crippen molar-refractivity contribution in [3.8, 4) is 5.75 Å². The largest absolute Gasteiger partial charge is 0.508 e. The van der Waals surface area contributed by atoms with E-state index in [1.54, 1.807) is 34.2 Å². The van der Waals surface area contributed by atoms with E-state index in [0.29, 0.717) is 0 Å². The van der Waals surface area contributed by atoms with Crippen molar-refractivity contribution in [2.75, 3.05) is 6.54 Å². The summed E-state index contributed by atoms with van der Waals surface area (Å²) in [7, 11) is 0. The lowest BCUT2D eigenvalue weighted by molar-refractivity contribution is -0.538. The molecule has 88 valence electrons. The quantitative estimate of drug-likeness (QED) is 0.597. The number of benzene rings is 1. The maximum atomic E-state index is 10.9. The van der Waals surface area contributed by atoms with Crippen molar-refractivity contribution in [1.29, 1.82) is 0 Å². The van der Waals surface area contributed by atoms with Crippen molar-refractivity contribution in [3.05, 3.63) is 39.9 Å². The van der Waals surface area contributed by atoms with Crippen LogP contribution in [0, 0.1) is 10.1 Å². The van der Waals surface area contributed by atoms with Gasteiger partial charge in [-0.15, -0.1) is 0 Å². The molecule has 2 aliphatic rings. The van der Waals surface area contributed by atoms with E-state index in [-0.39, 0.29) is 23.4 Å². The van der Waals surface area contributed by atoms with Crippen LogP contribution in [0.25, 0.3) is 0 Å². The summed E-state index contributed by atoms with van der Waals surface area (Å²) in [4.78, 5) is 12.2. The minimum Gasteiger partial charge on any atom is -0.508 e. The predicted molar refractivity (Wildman–Crippen MR) is 58.7 cm³/mol. The average Bonchev–Trinajstić information content (AvgIpc) is 2.87. The van der Waals surface area contributed by atoms with Gasteiger partial charge in [0.15, 0.2) is 6.17 Å². The number of phenols is 1. The zero-order chi connectivity index (χ0) is 12.0. The van der Waals surface area contributed by atoms with Gasteiger partial charge in [0.25, 0.3) is 0 Å². The molecule has 2 atom stereocenters. The minimum absolute atomic E-state index is 0.177. The average molecular weight is 234 g/mol. The standard InChI is InChI=1S/C10H10N4O3/c15-8-3-1-7(2-4-8)10-12-6-11-13(10)5-9(12)14(16)17/h1-4,6,9-10,15H,5H2/t9-,10-/m1/s1. The maximum Gasteiger partial charge on any atom is 0.309 e. The number of nitro groups is 1. The van der Waals surface area contributed by atoms with Gasteiger partial charge in [-0.05, 0) is 17.7 Å². The third-order valence-electron chi connectivity index (χ3n) is 3.03. The molecule has 7 heteroatoms. The first-order valence-electron chi connectivity index (χ1n) is 5.17. The first-order valence-corrected chi connectivity index (χ1v) is 5.17. The van der Waals surface area contributed by atoms with Crippen molar-refractivity contribution in [3.63, 3.8) is 0 Å². The molecule has 0 radical (unpaired) electrons. The van der Waals surface area contributed by atoms with Gasteiger partial charge in [0, 0.05) is 4.92 Å². The van der Waals surface area contributed by atoms with Gasteiger partial charge >= 0.3 is 6.17 Å². The van der Waals surface area contributed by atoms with Crippen LogP contribution < -0.4 is 0 Å². The minimum atomic E-state index is -0.744. The molecule has 0 spiro atoms. The fourth-order valence-corrected chi connectivity index (χ4v) is 2.22. The Hall–Kier alpha value is -2.31. The molecule has 0 saturated carbocycles. The van der Waals surface area contributed by atoms with Crippen LogP contribution in [-0.2, 0) is 0 Å². The summed E-state index contributed by atoms with van der Waals surface area (Å²) >= 11 is 0. The van der Waals surface area contributed by atoms with Crippen molar-refractivity contribution < 1.29 is 10.0 Å². The molecule has 1 N–H and O–H groups in total. The van der Waals surface area contributed by atoms with Gasteiger partial charge in [-0.1, -0.05) is 12.1 Å². The number of fused-ring (bicyclic) bond motifs is 2. The van der Waals surface area contributed by atoms with Gasteiger partial charge in [0.05, 0.1) is 0 Å². The fraction of sp³-hybridized carbons (Fsp3) is 0.300. The Balaban J connectivity index is 1.92. The van der Waals surface area contributed by atoms with Gasteiger partial charge in [-0.25, -0.2) is 0 Å². The number of hydrogen-bond donors (Lipinski definition) is 1. The van der Waals surface area contributed by atoms with Crippen LogP contribution in [0.15, 0.2) is 29.4 Å². The van der Waals surface area contributed by atoms with Crippen LogP contribution in [-0.4, -0.2) is 39.0 Å². The molecule has 2 bridgehead atoms. The Labute approximate surface area is 96.7 Å². The second-order valence-electron chi connectivity index (χ2n) is 4.03. The first-order chi connectivity index (χ1) is 8.16. The van der Waals surface area contributed by atoms with Crippen LogP contribution in [0.5, 0.6) is 5.75 Å². The van der Waals surface area contributed by atoms with E-state index >= 15 is 0 Å². The molecule has 0 unspecified atom stereocenters. The Bertz CT molecular complexity index is 487. The van der Waals surface area contributed by atoms with Gasteiger partial charge in [0.2, 0.25) is 0 Å². The third-order valence-corrected chi connectivity index (χ3v) is 3.03. The molecule has 0 aromatic heterocycles. The molecule has 3 rings (SSSR count). The number of rotatable bonds is 2. The predicted octanol–water partition coefficient (Wildman–Crippen LogP) is 0.568. The summed E-state index contributed by atoms with van der Waals surface area (Å²) in [5.41, 5.74) is 0.879. The number of hydrazone groups is 1. The second kappa shape index (κ2) is 3.34. The zero-order valence-corrected chi connectivity index (χ0v) is 8.80. The lowest BCUT2D eigenvalue weighted by atomic mass is 10.1. The summed E-state index contributed by atoms with van der Waals surface area (Å²) in [6.45, 7) is 0.287. The molecule has 1 aromatic carbocycles. The Kier molecular flexibility index (Phi) is 1.94. The normalized spacial score (nSPS) is 25.6. The lowest BCUT2D eigenvalue weighted by Crippen LogP contribution is -2.37. The number of nitrogens with zero attached hydrogens (tertiary/aromatic N) is 4. The number of phenolic OH excluding ortho intramolecular Hbond substituents is 1. The van der Waals surface area contributed by atoms with Crippen LogP contribution in [0.2, 0.25) is 0 Å². The lowest BCUT2D eigenvalue weighted by Gasteiger charge is -2.19. The molecule has 1 fully saturated rings. The Morgan fingerprint density at radius 1 is 1.41 bits per heavy atom. The zero-order valence-electron chi connectivity index (χ0n) is 8.80. The van der Waals surface area contributed by atoms with Crippen molar-refractivity contribution in [2.24, 2.45) is 5.10 Å². The van der Waals surface area contributed by atoms with E-state index in [2.05, 4.69) is 5.10 Å². The third kappa shape index (κ3) is 1.39. The van der Waals surface area contributed by atoms with Gasteiger partial charge in [-0.3, -0.25) is 20.0 Å². The maximum absolute atomic E-state index is 10.9. The summed E-state index contributed by atoms with van der Waals surface area (Å²) < 4.78 is 0. The Morgan fingerprint density at radius 3 is 2.71 bits per heavy atom. The van der Waals surface area contributed by atoms with Gasteiger partial charge < -0.3 is 5.11 Å². The van der Waals surface area contributed by atoms with Crippen molar-refractivity contribution in [1.82, 2.24) is 9.91 Å². The van der Waals surface area contributed by atoms with Crippen LogP contribution in [0.4, 0.5) is 0 Å². The molecule has 17 heavy (non-hydrogen) atoms. The van der Waals surface area contributed by atoms with Gasteiger partial charge in [-0.2, -0.15) is 5.10 Å². The smallest absolute Gasteiger partial charge is 0.309 e. The molecular weight excluding hydrogens is 224 g/mol. The van der Waals surface area contributed by atoms with E-state index in [4.69, 9.17) is 0 Å². The fourth-order valence-electron chi connectivity index (χ4n) is 2.22. The van der Waals surface area contributed by atoms with E-state index < -0.39 is 6.17 Å². The summed E-state index contributed by atoms with van der Waals surface area (Å²) in [5, 5.41) is 25.8. The van der Waals surface area contributed by atoms with Crippen molar-refractivity contribution >= 4 is 6.34 Å². The van der Waals surface area contributed by atoms with E-state index in [1.165, 1.54) is 6.34 Å². The summed E-state index contributed by atoms with van der Waals surface area (Å²) in [6.07, 6.45) is 0.520. The van der Waals surface area contributed by atoms with Gasteiger partial charge in [0.1, 0.15) is 18.6 Å². The highest BCUT2D eigenvalue weighted by atomic mass is 16.6. The van der Waals surface area contributed by atoms with Crippen LogP contribution >= 0.6 is 0 Å². The topological polar surface area (TPSA) is 82.2 Å². The highest BCUT2D eigenvalue weighted by molar-refractivity contribution is 5.59. The number of hydrogen-bond acceptors (Lipinski definition) is 6.